The summed E-state index contributed by atoms with van der Waals surface area (Å²) >= 11 is 0. The predicted octanol–water partition coefficient (Wildman–Crippen LogP) is 2.27. The maximum Gasteiger partial charge on any atom is 0.251 e. The quantitative estimate of drug-likeness (QED) is 0.818. The van der Waals surface area contributed by atoms with E-state index in [1.54, 1.807) is 24.5 Å². The van der Waals surface area contributed by atoms with Crippen molar-refractivity contribution in [3.63, 3.8) is 0 Å². The van der Waals surface area contributed by atoms with Crippen molar-refractivity contribution in [1.82, 2.24) is 15.3 Å². The highest BCUT2D eigenvalue weighted by Crippen LogP contribution is 2.07. The third-order valence-corrected chi connectivity index (χ3v) is 3.00. The minimum atomic E-state index is -0.0826. The van der Waals surface area contributed by atoms with Crippen LogP contribution in [0.1, 0.15) is 29.3 Å². The zero-order valence-electron chi connectivity index (χ0n) is 12.2. The number of aromatic nitrogens is 2. The summed E-state index contributed by atoms with van der Waals surface area (Å²) in [4.78, 5) is 20.3. The van der Waals surface area contributed by atoms with E-state index in [1.807, 2.05) is 18.3 Å². The molecule has 2 aromatic rings. The average Bonchev–Trinajstić information content (AvgIpc) is 2.54. The largest absolute Gasteiger partial charge is 0.370 e. The van der Waals surface area contributed by atoms with Crippen molar-refractivity contribution < 1.29 is 4.79 Å². The molecule has 5 nitrogen and oxygen atoms in total. The normalized spacial score (nSPS) is 10.1. The van der Waals surface area contributed by atoms with Crippen molar-refractivity contribution in [2.24, 2.45) is 0 Å². The highest BCUT2D eigenvalue weighted by atomic mass is 16.1. The van der Waals surface area contributed by atoms with Gasteiger partial charge in [0.15, 0.2) is 0 Å². The molecule has 0 atom stereocenters. The first-order valence-electron chi connectivity index (χ1n) is 7.16. The third-order valence-electron chi connectivity index (χ3n) is 3.00. The van der Waals surface area contributed by atoms with E-state index in [0.29, 0.717) is 12.1 Å². The standard InChI is InChI=1S/C16H20N4O/c1-2-7-18-15-11-14(6-10-19-15)16(21)20-9-5-13-4-3-8-17-12-13/h3-4,6,8,10-12H,2,5,7,9H2,1H3,(H,18,19)(H,20,21). The lowest BCUT2D eigenvalue weighted by atomic mass is 10.2. The Labute approximate surface area is 124 Å². The lowest BCUT2D eigenvalue weighted by Gasteiger charge is -2.07. The van der Waals surface area contributed by atoms with Gasteiger partial charge in [0.05, 0.1) is 0 Å². The number of rotatable bonds is 7. The first-order chi connectivity index (χ1) is 10.3. The van der Waals surface area contributed by atoms with Gasteiger partial charge in [-0.15, -0.1) is 0 Å². The van der Waals surface area contributed by atoms with Crippen LogP contribution in [-0.2, 0) is 6.42 Å². The zero-order valence-corrected chi connectivity index (χ0v) is 12.2. The Balaban J connectivity index is 1.85. The molecule has 0 aliphatic rings. The Morgan fingerprint density at radius 3 is 2.90 bits per heavy atom. The van der Waals surface area contributed by atoms with E-state index in [0.717, 1.165) is 30.8 Å². The van der Waals surface area contributed by atoms with Gasteiger partial charge in [0.2, 0.25) is 0 Å². The van der Waals surface area contributed by atoms with Crippen LogP contribution in [0.5, 0.6) is 0 Å². The number of amides is 1. The maximum atomic E-state index is 12.1. The molecule has 21 heavy (non-hydrogen) atoms. The van der Waals surface area contributed by atoms with Crippen LogP contribution in [0.15, 0.2) is 42.9 Å². The number of anilines is 1. The van der Waals surface area contributed by atoms with Crippen molar-refractivity contribution in [2.75, 3.05) is 18.4 Å². The van der Waals surface area contributed by atoms with Crippen LogP contribution in [0.2, 0.25) is 0 Å². The summed E-state index contributed by atoms with van der Waals surface area (Å²) in [6, 6.07) is 7.38. The summed E-state index contributed by atoms with van der Waals surface area (Å²) in [5.74, 6) is 0.651. The van der Waals surface area contributed by atoms with E-state index >= 15 is 0 Å². The molecule has 0 fully saturated rings. The van der Waals surface area contributed by atoms with Gasteiger partial charge in [-0.2, -0.15) is 0 Å². The number of nitrogens with one attached hydrogen (secondary N) is 2. The SMILES string of the molecule is CCCNc1cc(C(=O)NCCc2cccnc2)ccn1. The van der Waals surface area contributed by atoms with Crippen molar-refractivity contribution in [1.29, 1.82) is 0 Å². The van der Waals surface area contributed by atoms with Crippen LogP contribution in [0.25, 0.3) is 0 Å². The molecule has 0 saturated heterocycles. The molecule has 0 bridgehead atoms. The van der Waals surface area contributed by atoms with E-state index in [2.05, 4.69) is 27.5 Å². The fourth-order valence-electron chi connectivity index (χ4n) is 1.89. The maximum absolute atomic E-state index is 12.1. The summed E-state index contributed by atoms with van der Waals surface area (Å²) in [6.45, 7) is 3.52. The molecule has 5 heteroatoms. The second-order valence-electron chi connectivity index (χ2n) is 4.72. The fourth-order valence-corrected chi connectivity index (χ4v) is 1.89. The second kappa shape index (κ2) is 7.99. The Hall–Kier alpha value is -2.43. The zero-order chi connectivity index (χ0) is 14.9. The van der Waals surface area contributed by atoms with Gasteiger partial charge in [0.25, 0.3) is 5.91 Å². The first-order valence-corrected chi connectivity index (χ1v) is 7.16. The van der Waals surface area contributed by atoms with Gasteiger partial charge in [-0.25, -0.2) is 4.98 Å². The molecule has 0 unspecified atom stereocenters. The Kier molecular flexibility index (Phi) is 5.70. The smallest absolute Gasteiger partial charge is 0.251 e. The van der Waals surface area contributed by atoms with Gasteiger partial charge >= 0.3 is 0 Å². The average molecular weight is 284 g/mol. The van der Waals surface area contributed by atoms with Crippen molar-refractivity contribution in [3.05, 3.63) is 54.0 Å². The number of nitrogens with zero attached hydrogens (tertiary/aromatic N) is 2. The number of carbonyl (C=O) groups excluding carboxylic acids is 1. The summed E-state index contributed by atoms with van der Waals surface area (Å²) in [5.41, 5.74) is 1.73. The van der Waals surface area contributed by atoms with Crippen molar-refractivity contribution >= 4 is 11.7 Å². The van der Waals surface area contributed by atoms with Crippen molar-refractivity contribution in [2.45, 2.75) is 19.8 Å². The number of hydrogen-bond donors (Lipinski definition) is 2. The van der Waals surface area contributed by atoms with E-state index in [9.17, 15) is 4.79 Å². The number of pyridine rings is 2. The van der Waals surface area contributed by atoms with Gasteiger partial charge in [0, 0.05) is 37.2 Å². The molecule has 0 aliphatic carbocycles. The molecule has 110 valence electrons. The molecule has 2 N–H and O–H groups in total. The minimum Gasteiger partial charge on any atom is -0.370 e. The monoisotopic (exact) mass is 284 g/mol. The van der Waals surface area contributed by atoms with Gasteiger partial charge in [-0.1, -0.05) is 13.0 Å². The van der Waals surface area contributed by atoms with Crippen LogP contribution in [0.4, 0.5) is 5.82 Å². The minimum absolute atomic E-state index is 0.0826. The van der Waals surface area contributed by atoms with E-state index < -0.39 is 0 Å². The molecule has 0 aromatic carbocycles. The Morgan fingerprint density at radius 1 is 1.24 bits per heavy atom. The third kappa shape index (κ3) is 4.87. The van der Waals surface area contributed by atoms with Crippen LogP contribution >= 0.6 is 0 Å². The lowest BCUT2D eigenvalue weighted by Crippen LogP contribution is -2.25. The summed E-state index contributed by atoms with van der Waals surface area (Å²) in [6.07, 6.45) is 6.98. The van der Waals surface area contributed by atoms with E-state index in [-0.39, 0.29) is 5.91 Å². The van der Waals surface area contributed by atoms with Crippen LogP contribution in [0, 0.1) is 0 Å². The highest BCUT2D eigenvalue weighted by Gasteiger charge is 2.06. The van der Waals surface area contributed by atoms with Crippen molar-refractivity contribution in [3.8, 4) is 0 Å². The summed E-state index contributed by atoms with van der Waals surface area (Å²) < 4.78 is 0. The van der Waals surface area contributed by atoms with Gasteiger partial charge in [-0.05, 0) is 36.6 Å². The molecule has 2 heterocycles. The van der Waals surface area contributed by atoms with Gasteiger partial charge in [-0.3, -0.25) is 9.78 Å². The Bertz CT molecular complexity index is 571. The van der Waals surface area contributed by atoms with Crippen LogP contribution in [-0.4, -0.2) is 29.0 Å². The fraction of sp³-hybridized carbons (Fsp3) is 0.312. The van der Waals surface area contributed by atoms with E-state index in [4.69, 9.17) is 0 Å². The highest BCUT2D eigenvalue weighted by molar-refractivity contribution is 5.94. The number of hydrogen-bond acceptors (Lipinski definition) is 4. The van der Waals surface area contributed by atoms with Gasteiger partial charge < -0.3 is 10.6 Å². The van der Waals surface area contributed by atoms with Crippen LogP contribution in [0.3, 0.4) is 0 Å². The van der Waals surface area contributed by atoms with Gasteiger partial charge in [0.1, 0.15) is 5.82 Å². The molecule has 0 saturated carbocycles. The predicted molar refractivity (Wildman–Crippen MR) is 83.3 cm³/mol. The lowest BCUT2D eigenvalue weighted by molar-refractivity contribution is 0.0954. The summed E-state index contributed by atoms with van der Waals surface area (Å²) in [7, 11) is 0. The van der Waals surface area contributed by atoms with E-state index in [1.165, 1.54) is 0 Å². The topological polar surface area (TPSA) is 66.9 Å². The Morgan fingerprint density at radius 2 is 2.14 bits per heavy atom. The molecule has 2 rings (SSSR count). The summed E-state index contributed by atoms with van der Waals surface area (Å²) in [5, 5.41) is 6.08. The van der Waals surface area contributed by atoms with Crippen LogP contribution < -0.4 is 10.6 Å². The molecule has 0 spiro atoms. The molecule has 0 radical (unpaired) electrons. The first kappa shape index (κ1) is 15.0. The molecule has 0 aliphatic heterocycles. The molecular formula is C16H20N4O. The molecular weight excluding hydrogens is 264 g/mol. The molecule has 2 aromatic heterocycles. The molecule has 1 amide bonds. The number of carbonyl (C=O) groups is 1. The second-order valence-corrected chi connectivity index (χ2v) is 4.72.